The number of hydrogen-bond donors (Lipinski definition) is 1. The molecule has 1 aromatic rings. The van der Waals surface area contributed by atoms with E-state index < -0.39 is 17.9 Å². The highest BCUT2D eigenvalue weighted by Crippen LogP contribution is 2.30. The topological polar surface area (TPSA) is 66.1 Å². The molecule has 1 heterocycles. The predicted octanol–water partition coefficient (Wildman–Crippen LogP) is 1.61. The van der Waals surface area contributed by atoms with E-state index in [-0.39, 0.29) is 11.4 Å². The second-order valence-electron chi connectivity index (χ2n) is 2.36. The van der Waals surface area contributed by atoms with Crippen molar-refractivity contribution in [3.8, 4) is 17.6 Å². The zero-order chi connectivity index (χ0) is 10.7. The van der Waals surface area contributed by atoms with Crippen molar-refractivity contribution in [1.29, 1.82) is 5.26 Å². The molecule has 74 valence electrons. The number of hydrogen-bond acceptors (Lipinski definition) is 4. The van der Waals surface area contributed by atoms with Crippen molar-refractivity contribution in [2.75, 3.05) is 7.11 Å². The molecule has 0 atom stereocenters. The standard InChI is InChI=1S/C8H6F2N2O2/c1-14-6-2-5(13)7(8(9)10)12-4(6)3-11/h2,8,13H,1H3. The van der Waals surface area contributed by atoms with Gasteiger partial charge in [-0.15, -0.1) is 0 Å². The van der Waals surface area contributed by atoms with Crippen molar-refractivity contribution < 1.29 is 18.6 Å². The van der Waals surface area contributed by atoms with Crippen LogP contribution in [0.4, 0.5) is 8.78 Å². The van der Waals surface area contributed by atoms with E-state index in [1.54, 1.807) is 6.07 Å². The molecule has 6 heteroatoms. The quantitative estimate of drug-likeness (QED) is 0.787. The number of ether oxygens (including phenoxy) is 1. The molecule has 0 saturated carbocycles. The average Bonchev–Trinajstić information content (AvgIpc) is 2.16. The van der Waals surface area contributed by atoms with Crippen LogP contribution in [-0.4, -0.2) is 17.2 Å². The highest BCUT2D eigenvalue weighted by Gasteiger charge is 2.18. The molecule has 1 aromatic heterocycles. The Morgan fingerprint density at radius 1 is 1.64 bits per heavy atom. The molecule has 14 heavy (non-hydrogen) atoms. The first kappa shape index (κ1) is 10.2. The van der Waals surface area contributed by atoms with E-state index in [1.165, 1.54) is 7.11 Å². The van der Waals surface area contributed by atoms with Gasteiger partial charge in [0.15, 0.2) is 11.4 Å². The monoisotopic (exact) mass is 200 g/mol. The number of aromatic hydroxyl groups is 1. The first-order chi connectivity index (χ1) is 6.60. The van der Waals surface area contributed by atoms with Crippen molar-refractivity contribution in [3.05, 3.63) is 17.5 Å². The van der Waals surface area contributed by atoms with Crippen molar-refractivity contribution >= 4 is 0 Å². The molecular weight excluding hydrogens is 194 g/mol. The zero-order valence-corrected chi connectivity index (χ0v) is 7.16. The Morgan fingerprint density at radius 2 is 2.29 bits per heavy atom. The maximum absolute atomic E-state index is 12.2. The Balaban J connectivity index is 3.32. The lowest BCUT2D eigenvalue weighted by Gasteiger charge is -2.06. The summed E-state index contributed by atoms with van der Waals surface area (Å²) >= 11 is 0. The summed E-state index contributed by atoms with van der Waals surface area (Å²) in [5, 5.41) is 17.6. The average molecular weight is 200 g/mol. The maximum atomic E-state index is 12.2. The summed E-state index contributed by atoms with van der Waals surface area (Å²) in [6.45, 7) is 0. The molecule has 1 N–H and O–H groups in total. The third-order valence-corrected chi connectivity index (χ3v) is 1.53. The molecule has 0 aliphatic rings. The van der Waals surface area contributed by atoms with Crippen molar-refractivity contribution in [2.24, 2.45) is 0 Å². The highest BCUT2D eigenvalue weighted by atomic mass is 19.3. The molecule has 0 aliphatic carbocycles. The number of methoxy groups -OCH3 is 1. The van der Waals surface area contributed by atoms with E-state index >= 15 is 0 Å². The van der Waals surface area contributed by atoms with Crippen LogP contribution < -0.4 is 4.74 Å². The van der Waals surface area contributed by atoms with E-state index in [0.29, 0.717) is 0 Å². The molecule has 0 aromatic carbocycles. The van der Waals surface area contributed by atoms with Gasteiger partial charge in [-0.25, -0.2) is 13.8 Å². The third kappa shape index (κ3) is 1.71. The lowest BCUT2D eigenvalue weighted by atomic mass is 10.2. The van der Waals surface area contributed by atoms with Crippen LogP contribution in [0.2, 0.25) is 0 Å². The fourth-order valence-electron chi connectivity index (χ4n) is 0.896. The predicted molar refractivity (Wildman–Crippen MR) is 42.1 cm³/mol. The molecule has 0 aliphatic heterocycles. The van der Waals surface area contributed by atoms with Crippen LogP contribution in [0.3, 0.4) is 0 Å². The fraction of sp³-hybridized carbons (Fsp3) is 0.250. The van der Waals surface area contributed by atoms with Gasteiger partial charge in [-0.2, -0.15) is 5.26 Å². The van der Waals surface area contributed by atoms with Gasteiger partial charge in [0, 0.05) is 6.07 Å². The van der Waals surface area contributed by atoms with E-state index in [1.807, 2.05) is 0 Å². The van der Waals surface area contributed by atoms with E-state index in [2.05, 4.69) is 9.72 Å². The molecular formula is C8H6F2N2O2. The Labute approximate surface area is 78.4 Å². The molecule has 0 bridgehead atoms. The highest BCUT2D eigenvalue weighted by molar-refractivity contribution is 5.44. The summed E-state index contributed by atoms with van der Waals surface area (Å²) in [7, 11) is 1.25. The summed E-state index contributed by atoms with van der Waals surface area (Å²) in [5.41, 5.74) is -1.09. The van der Waals surface area contributed by atoms with Gasteiger partial charge in [0.05, 0.1) is 7.11 Å². The second kappa shape index (κ2) is 3.87. The largest absolute Gasteiger partial charge is 0.506 e. The van der Waals surface area contributed by atoms with Gasteiger partial charge in [0.1, 0.15) is 17.5 Å². The Morgan fingerprint density at radius 3 is 2.71 bits per heavy atom. The number of nitriles is 1. The van der Waals surface area contributed by atoms with Crippen molar-refractivity contribution in [3.63, 3.8) is 0 Å². The van der Waals surface area contributed by atoms with Gasteiger partial charge >= 0.3 is 0 Å². The molecule has 1 rings (SSSR count). The SMILES string of the molecule is COc1cc(O)c(C(F)F)nc1C#N. The van der Waals surface area contributed by atoms with Crippen LogP contribution in [0.15, 0.2) is 6.07 Å². The van der Waals surface area contributed by atoms with E-state index in [4.69, 9.17) is 10.4 Å². The molecule has 0 saturated heterocycles. The minimum Gasteiger partial charge on any atom is -0.506 e. The number of rotatable bonds is 2. The van der Waals surface area contributed by atoms with Crippen molar-refractivity contribution in [2.45, 2.75) is 6.43 Å². The van der Waals surface area contributed by atoms with Crippen molar-refractivity contribution in [1.82, 2.24) is 4.98 Å². The van der Waals surface area contributed by atoms with Gasteiger partial charge in [-0.3, -0.25) is 0 Å². The third-order valence-electron chi connectivity index (χ3n) is 1.53. The number of nitrogens with zero attached hydrogens (tertiary/aromatic N) is 2. The number of halogens is 2. The lowest BCUT2D eigenvalue weighted by molar-refractivity contribution is 0.141. The van der Waals surface area contributed by atoms with Gasteiger partial charge < -0.3 is 9.84 Å². The minimum atomic E-state index is -2.92. The van der Waals surface area contributed by atoms with Crippen LogP contribution >= 0.6 is 0 Å². The summed E-state index contributed by atoms with van der Waals surface area (Å²) in [6, 6.07) is 2.53. The summed E-state index contributed by atoms with van der Waals surface area (Å²) in [5.74, 6) is -0.717. The molecule has 4 nitrogen and oxygen atoms in total. The van der Waals surface area contributed by atoms with Crippen LogP contribution in [0, 0.1) is 11.3 Å². The summed E-state index contributed by atoms with van der Waals surface area (Å²) in [6.07, 6.45) is -2.92. The number of aromatic nitrogens is 1. The molecule has 0 unspecified atom stereocenters. The van der Waals surface area contributed by atoms with E-state index in [0.717, 1.165) is 6.07 Å². The van der Waals surface area contributed by atoms with Crippen LogP contribution in [0.5, 0.6) is 11.5 Å². The number of alkyl halides is 2. The first-order valence-electron chi connectivity index (χ1n) is 3.56. The fourth-order valence-corrected chi connectivity index (χ4v) is 0.896. The van der Waals surface area contributed by atoms with Crippen LogP contribution in [0.1, 0.15) is 17.8 Å². The molecule has 0 spiro atoms. The van der Waals surface area contributed by atoms with Crippen LogP contribution in [0.25, 0.3) is 0 Å². The van der Waals surface area contributed by atoms with Gasteiger partial charge in [0.2, 0.25) is 0 Å². The Hall–Kier alpha value is -1.90. The van der Waals surface area contributed by atoms with Gasteiger partial charge in [0.25, 0.3) is 6.43 Å². The first-order valence-corrected chi connectivity index (χ1v) is 3.56. The molecule has 0 fully saturated rings. The maximum Gasteiger partial charge on any atom is 0.284 e. The molecule has 0 radical (unpaired) electrons. The Bertz CT molecular complexity index is 388. The van der Waals surface area contributed by atoms with Crippen LogP contribution in [-0.2, 0) is 0 Å². The zero-order valence-electron chi connectivity index (χ0n) is 7.16. The normalized spacial score (nSPS) is 9.93. The smallest absolute Gasteiger partial charge is 0.284 e. The second-order valence-corrected chi connectivity index (χ2v) is 2.36. The molecule has 0 amide bonds. The minimum absolute atomic E-state index is 0.0330. The van der Waals surface area contributed by atoms with Gasteiger partial charge in [-0.05, 0) is 0 Å². The lowest BCUT2D eigenvalue weighted by Crippen LogP contribution is -1.97. The number of pyridine rings is 1. The van der Waals surface area contributed by atoms with E-state index in [9.17, 15) is 8.78 Å². The Kier molecular flexibility index (Phi) is 2.82. The summed E-state index contributed by atoms with van der Waals surface area (Å²) in [4.78, 5) is 3.27. The van der Waals surface area contributed by atoms with Gasteiger partial charge in [-0.1, -0.05) is 0 Å². The summed E-state index contributed by atoms with van der Waals surface area (Å²) < 4.78 is 29.1.